The van der Waals surface area contributed by atoms with Gasteiger partial charge < -0.3 is 14.8 Å². The van der Waals surface area contributed by atoms with E-state index in [4.69, 9.17) is 9.47 Å². The van der Waals surface area contributed by atoms with E-state index in [-0.39, 0.29) is 0 Å². The smallest absolute Gasteiger partial charge is 0.171 e. The van der Waals surface area contributed by atoms with E-state index >= 15 is 0 Å². The maximum atomic E-state index is 5.75. The summed E-state index contributed by atoms with van der Waals surface area (Å²) in [7, 11) is 1.66. The van der Waals surface area contributed by atoms with Crippen molar-refractivity contribution in [1.29, 1.82) is 0 Å². The highest BCUT2D eigenvalue weighted by Gasteiger charge is 2.15. The number of nitrogens with one attached hydrogen (secondary N) is 1. The number of ether oxygens (including phenoxy) is 2. The largest absolute Gasteiger partial charge is 0.493 e. The molecule has 0 bridgehead atoms. The monoisotopic (exact) mass is 306 g/mol. The maximum Gasteiger partial charge on any atom is 0.171 e. The fraction of sp³-hybridized carbons (Fsp3) is 0.438. The highest BCUT2D eigenvalue weighted by atomic mass is 32.1. The molecule has 5 heteroatoms. The zero-order chi connectivity index (χ0) is 15.1. The highest BCUT2D eigenvalue weighted by molar-refractivity contribution is 7.15. The fourth-order valence-corrected chi connectivity index (χ4v) is 2.94. The molecule has 2 aromatic rings. The first-order valence-corrected chi connectivity index (χ1v) is 8.07. The number of thiazole rings is 1. The number of methoxy groups -OCH3 is 1. The summed E-state index contributed by atoms with van der Waals surface area (Å²) >= 11 is 1.69. The molecular formula is C16H22N2O2S. The van der Waals surface area contributed by atoms with E-state index in [9.17, 15) is 0 Å². The van der Waals surface area contributed by atoms with Crippen LogP contribution in [0.15, 0.2) is 24.4 Å². The van der Waals surface area contributed by atoms with Gasteiger partial charge in [-0.15, -0.1) is 11.3 Å². The third-order valence-electron chi connectivity index (χ3n) is 3.00. The second kappa shape index (κ2) is 8.00. The maximum absolute atomic E-state index is 5.75. The lowest BCUT2D eigenvalue weighted by atomic mass is 10.2. The molecule has 0 spiro atoms. The van der Waals surface area contributed by atoms with Crippen LogP contribution in [0.3, 0.4) is 0 Å². The quantitative estimate of drug-likeness (QED) is 0.755. The van der Waals surface area contributed by atoms with Gasteiger partial charge in [-0.3, -0.25) is 0 Å². The van der Waals surface area contributed by atoms with Crippen molar-refractivity contribution < 1.29 is 9.47 Å². The van der Waals surface area contributed by atoms with E-state index in [1.807, 2.05) is 31.3 Å². The van der Waals surface area contributed by atoms with Crippen LogP contribution >= 0.6 is 11.3 Å². The predicted octanol–water partition coefficient (Wildman–Crippen LogP) is 3.72. The number of para-hydroxylation sites is 1. The Hall–Kier alpha value is -1.59. The summed E-state index contributed by atoms with van der Waals surface area (Å²) in [5.74, 6) is 1.51. The molecule has 0 unspecified atom stereocenters. The molecule has 1 aromatic heterocycles. The van der Waals surface area contributed by atoms with Crippen molar-refractivity contribution in [2.75, 3.05) is 20.3 Å². The second-order valence-corrected chi connectivity index (χ2v) is 5.69. The summed E-state index contributed by atoms with van der Waals surface area (Å²) in [6.45, 7) is 6.62. The van der Waals surface area contributed by atoms with Crippen LogP contribution in [0.4, 0.5) is 0 Å². The molecule has 2 rings (SSSR count). The van der Waals surface area contributed by atoms with Crippen LogP contribution in [0.25, 0.3) is 10.6 Å². The highest BCUT2D eigenvalue weighted by Crippen LogP contribution is 2.39. The molecule has 21 heavy (non-hydrogen) atoms. The van der Waals surface area contributed by atoms with Crippen LogP contribution < -0.4 is 14.8 Å². The minimum absolute atomic E-state index is 0.601. The molecule has 114 valence electrons. The van der Waals surface area contributed by atoms with Crippen LogP contribution in [0.2, 0.25) is 0 Å². The molecule has 0 aliphatic rings. The average molecular weight is 306 g/mol. The Morgan fingerprint density at radius 3 is 2.86 bits per heavy atom. The Bertz CT molecular complexity index is 569. The van der Waals surface area contributed by atoms with Crippen molar-refractivity contribution >= 4 is 11.3 Å². The van der Waals surface area contributed by atoms with Crippen LogP contribution in [-0.4, -0.2) is 25.2 Å². The first-order chi connectivity index (χ1) is 10.3. The number of hydrogen-bond acceptors (Lipinski definition) is 5. The Labute approximate surface area is 130 Å². The zero-order valence-electron chi connectivity index (χ0n) is 12.8. The Morgan fingerprint density at radius 1 is 1.29 bits per heavy atom. The molecule has 1 N–H and O–H groups in total. The first kappa shape index (κ1) is 15.8. The molecule has 0 fully saturated rings. The van der Waals surface area contributed by atoms with Gasteiger partial charge in [0.25, 0.3) is 0 Å². The summed E-state index contributed by atoms with van der Waals surface area (Å²) in [5, 5.41) is 4.36. The topological polar surface area (TPSA) is 43.4 Å². The third-order valence-corrected chi connectivity index (χ3v) is 4.03. The Kier molecular flexibility index (Phi) is 6.02. The van der Waals surface area contributed by atoms with Crippen molar-refractivity contribution in [1.82, 2.24) is 10.3 Å². The molecule has 0 aliphatic carbocycles. The normalized spacial score (nSPS) is 10.6. The molecule has 0 aliphatic heterocycles. The summed E-state index contributed by atoms with van der Waals surface area (Å²) in [4.78, 5) is 5.75. The molecule has 4 nitrogen and oxygen atoms in total. The van der Waals surface area contributed by atoms with E-state index in [1.165, 1.54) is 4.88 Å². The van der Waals surface area contributed by atoms with E-state index in [0.29, 0.717) is 6.61 Å². The summed E-state index contributed by atoms with van der Waals surface area (Å²) in [6.07, 6.45) is 3.06. The van der Waals surface area contributed by atoms with E-state index in [2.05, 4.69) is 17.2 Å². The number of hydrogen-bond donors (Lipinski definition) is 1. The van der Waals surface area contributed by atoms with Crippen LogP contribution in [0.5, 0.6) is 11.5 Å². The Balaban J connectivity index is 2.25. The third kappa shape index (κ3) is 3.95. The molecule has 0 saturated carbocycles. The van der Waals surface area contributed by atoms with Crippen molar-refractivity contribution in [2.24, 2.45) is 0 Å². The van der Waals surface area contributed by atoms with Gasteiger partial charge in [0.2, 0.25) is 0 Å². The van der Waals surface area contributed by atoms with Gasteiger partial charge in [0.15, 0.2) is 11.5 Å². The van der Waals surface area contributed by atoms with Gasteiger partial charge >= 0.3 is 0 Å². The van der Waals surface area contributed by atoms with E-state index in [0.717, 1.165) is 41.6 Å². The number of aromatic nitrogens is 1. The lowest BCUT2D eigenvalue weighted by Crippen LogP contribution is -2.12. The van der Waals surface area contributed by atoms with Gasteiger partial charge in [0.1, 0.15) is 5.01 Å². The number of nitrogens with zero attached hydrogens (tertiary/aromatic N) is 1. The van der Waals surface area contributed by atoms with Crippen molar-refractivity contribution in [3.05, 3.63) is 29.3 Å². The molecule has 0 radical (unpaired) electrons. The Morgan fingerprint density at radius 2 is 2.14 bits per heavy atom. The van der Waals surface area contributed by atoms with Gasteiger partial charge in [-0.25, -0.2) is 4.98 Å². The minimum Gasteiger partial charge on any atom is -0.493 e. The molecule has 0 amide bonds. The summed E-state index contributed by atoms with van der Waals surface area (Å²) < 4.78 is 11.1. The van der Waals surface area contributed by atoms with E-state index in [1.54, 1.807) is 18.4 Å². The van der Waals surface area contributed by atoms with Crippen LogP contribution in [-0.2, 0) is 6.54 Å². The molecule has 1 heterocycles. The van der Waals surface area contributed by atoms with E-state index < -0.39 is 0 Å². The van der Waals surface area contributed by atoms with Gasteiger partial charge in [-0.2, -0.15) is 0 Å². The minimum atomic E-state index is 0.601. The zero-order valence-corrected chi connectivity index (χ0v) is 13.6. The summed E-state index contributed by atoms with van der Waals surface area (Å²) in [6, 6.07) is 5.90. The van der Waals surface area contributed by atoms with Crippen LogP contribution in [0, 0.1) is 0 Å². The second-order valence-electron chi connectivity index (χ2n) is 4.58. The van der Waals surface area contributed by atoms with Crippen molar-refractivity contribution in [3.8, 4) is 22.1 Å². The van der Waals surface area contributed by atoms with Crippen molar-refractivity contribution in [3.63, 3.8) is 0 Å². The number of benzene rings is 1. The molecule has 0 atom stereocenters. The SMILES string of the molecule is CCCNCc1cnc(-c2cccc(OC)c2OCC)s1. The molecule has 0 saturated heterocycles. The van der Waals surface area contributed by atoms with Crippen LogP contribution in [0.1, 0.15) is 25.1 Å². The fourth-order valence-electron chi connectivity index (χ4n) is 2.04. The molecular weight excluding hydrogens is 284 g/mol. The standard InChI is InChI=1S/C16H22N2O2S/c1-4-9-17-10-12-11-18-16(21-12)13-7-6-8-14(19-3)15(13)20-5-2/h6-8,11,17H,4-5,9-10H2,1-3H3. The predicted molar refractivity (Wildman–Crippen MR) is 87.3 cm³/mol. The van der Waals surface area contributed by atoms with Gasteiger partial charge in [-0.1, -0.05) is 13.0 Å². The van der Waals surface area contributed by atoms with Gasteiger partial charge in [0, 0.05) is 17.6 Å². The number of rotatable bonds is 8. The van der Waals surface area contributed by atoms with Crippen molar-refractivity contribution in [2.45, 2.75) is 26.8 Å². The van der Waals surface area contributed by atoms with Gasteiger partial charge in [-0.05, 0) is 32.0 Å². The lowest BCUT2D eigenvalue weighted by molar-refractivity contribution is 0.312. The van der Waals surface area contributed by atoms with Gasteiger partial charge in [0.05, 0.1) is 19.3 Å². The molecule has 1 aromatic carbocycles. The lowest BCUT2D eigenvalue weighted by Gasteiger charge is -2.12. The summed E-state index contributed by atoms with van der Waals surface area (Å²) in [5.41, 5.74) is 0.989. The average Bonchev–Trinajstić information content (AvgIpc) is 2.97. The first-order valence-electron chi connectivity index (χ1n) is 7.25.